The zero-order valence-corrected chi connectivity index (χ0v) is 15.7. The van der Waals surface area contributed by atoms with Crippen molar-refractivity contribution in [2.45, 2.75) is 69.9 Å². The summed E-state index contributed by atoms with van der Waals surface area (Å²) in [6.07, 6.45) is -7.11. The fraction of sp³-hybridized carbons (Fsp3) is 0.833. The van der Waals surface area contributed by atoms with E-state index in [-0.39, 0.29) is 31.7 Å². The van der Waals surface area contributed by atoms with Gasteiger partial charge >= 0.3 is 18.2 Å². The van der Waals surface area contributed by atoms with Crippen LogP contribution in [-0.4, -0.2) is 58.9 Å². The van der Waals surface area contributed by atoms with Crippen molar-refractivity contribution < 1.29 is 41.8 Å². The number of carbonyl (C=O) groups is 3. The predicted molar refractivity (Wildman–Crippen MR) is 89.3 cm³/mol. The van der Waals surface area contributed by atoms with E-state index in [1.807, 2.05) is 0 Å². The molecule has 1 heterocycles. The molecule has 0 aromatic heterocycles. The number of hydrogen-bond donors (Lipinski definition) is 1. The zero-order chi connectivity index (χ0) is 21.3. The van der Waals surface area contributed by atoms with Crippen molar-refractivity contribution in [3.8, 4) is 0 Å². The van der Waals surface area contributed by atoms with E-state index < -0.39 is 60.7 Å². The standard InChI is InChI=1S/C18H25F4NO5/c1-10(2)13-9-28-16(27)23(13)14(17(19)5-3-6-17)12(8-24)11(15(25)26)4-7-18(20,21)22/h8,10-14H,3-7,9H2,1-2H3,(H,25,26)/t11?,12?,13-,14-/m0/s1. The fourth-order valence-electron chi connectivity index (χ4n) is 4.06. The Balaban J connectivity index is 2.43. The van der Waals surface area contributed by atoms with E-state index in [9.17, 15) is 32.7 Å². The quantitative estimate of drug-likeness (QED) is 0.463. The molecule has 6 nitrogen and oxygen atoms in total. The molecule has 2 aliphatic rings. The number of aldehydes is 1. The number of carbonyl (C=O) groups excluding carboxylic acids is 2. The summed E-state index contributed by atoms with van der Waals surface area (Å²) in [5.74, 6) is -5.18. The van der Waals surface area contributed by atoms with Gasteiger partial charge in [0.05, 0.1) is 23.9 Å². The van der Waals surface area contributed by atoms with Gasteiger partial charge < -0.3 is 14.6 Å². The molecule has 10 heteroatoms. The van der Waals surface area contributed by atoms with Crippen molar-refractivity contribution in [1.82, 2.24) is 4.90 Å². The number of carboxylic acids is 1. The highest BCUT2D eigenvalue weighted by Crippen LogP contribution is 2.47. The average molecular weight is 411 g/mol. The Morgan fingerprint density at radius 1 is 1.39 bits per heavy atom. The van der Waals surface area contributed by atoms with Crippen LogP contribution in [0.1, 0.15) is 46.0 Å². The SMILES string of the molecule is CC(C)[C@@H]1COC(=O)N1[C@@H](C(C=O)C(CCC(F)(F)F)C(=O)O)C1(F)CCC1. The second kappa shape index (κ2) is 8.24. The number of aliphatic carboxylic acids is 1. The molecule has 2 rings (SSSR count). The first-order chi connectivity index (χ1) is 12.9. The number of rotatable bonds is 9. The second-order valence-electron chi connectivity index (χ2n) is 7.94. The molecular weight excluding hydrogens is 386 g/mol. The van der Waals surface area contributed by atoms with Crippen LogP contribution >= 0.6 is 0 Å². The Labute approximate surface area is 160 Å². The fourth-order valence-corrected chi connectivity index (χ4v) is 4.06. The molecule has 2 fully saturated rings. The van der Waals surface area contributed by atoms with Gasteiger partial charge in [0.1, 0.15) is 18.6 Å². The second-order valence-corrected chi connectivity index (χ2v) is 7.94. The van der Waals surface area contributed by atoms with Crippen LogP contribution in [0.3, 0.4) is 0 Å². The van der Waals surface area contributed by atoms with E-state index in [2.05, 4.69) is 0 Å². The summed E-state index contributed by atoms with van der Waals surface area (Å²) in [6.45, 7) is 3.47. The molecule has 0 radical (unpaired) electrons. The molecule has 1 aliphatic carbocycles. The molecule has 1 N–H and O–H groups in total. The molecule has 4 atom stereocenters. The molecule has 1 aliphatic heterocycles. The molecule has 1 saturated carbocycles. The number of amides is 1. The van der Waals surface area contributed by atoms with Gasteiger partial charge in [-0.15, -0.1) is 0 Å². The molecule has 28 heavy (non-hydrogen) atoms. The van der Waals surface area contributed by atoms with Crippen molar-refractivity contribution >= 4 is 18.3 Å². The van der Waals surface area contributed by atoms with Crippen LogP contribution < -0.4 is 0 Å². The van der Waals surface area contributed by atoms with E-state index in [1.54, 1.807) is 13.8 Å². The van der Waals surface area contributed by atoms with Crippen molar-refractivity contribution in [2.75, 3.05) is 6.61 Å². The number of ether oxygens (including phenoxy) is 1. The molecule has 0 aromatic rings. The van der Waals surface area contributed by atoms with E-state index >= 15 is 4.39 Å². The van der Waals surface area contributed by atoms with Crippen molar-refractivity contribution in [3.63, 3.8) is 0 Å². The normalized spacial score (nSPS) is 25.0. The molecule has 160 valence electrons. The maximum absolute atomic E-state index is 15.5. The first-order valence-corrected chi connectivity index (χ1v) is 9.30. The Morgan fingerprint density at radius 3 is 2.39 bits per heavy atom. The molecule has 2 unspecified atom stereocenters. The largest absolute Gasteiger partial charge is 0.481 e. The molecular formula is C18H25F4NO5. The van der Waals surface area contributed by atoms with Crippen LogP contribution in [0.2, 0.25) is 0 Å². The van der Waals surface area contributed by atoms with Crippen molar-refractivity contribution in [1.29, 1.82) is 0 Å². The summed E-state index contributed by atoms with van der Waals surface area (Å²) in [5.41, 5.74) is -2.03. The number of carboxylic acid groups (broad SMARTS) is 1. The maximum Gasteiger partial charge on any atom is 0.410 e. The van der Waals surface area contributed by atoms with E-state index in [0.717, 1.165) is 4.90 Å². The Bertz CT molecular complexity index is 605. The van der Waals surface area contributed by atoms with Crippen LogP contribution in [0.15, 0.2) is 0 Å². The monoisotopic (exact) mass is 411 g/mol. The lowest BCUT2D eigenvalue weighted by molar-refractivity contribution is -0.157. The van der Waals surface area contributed by atoms with Gasteiger partial charge in [0.15, 0.2) is 0 Å². The van der Waals surface area contributed by atoms with Gasteiger partial charge in [0.25, 0.3) is 0 Å². The molecule has 1 saturated heterocycles. The number of halogens is 4. The Kier molecular flexibility index (Phi) is 6.60. The van der Waals surface area contributed by atoms with Gasteiger partial charge in [-0.2, -0.15) is 13.2 Å². The van der Waals surface area contributed by atoms with Crippen LogP contribution in [0.4, 0.5) is 22.4 Å². The highest BCUT2D eigenvalue weighted by Gasteiger charge is 2.58. The number of alkyl halides is 4. The van der Waals surface area contributed by atoms with Crippen LogP contribution in [0, 0.1) is 17.8 Å². The van der Waals surface area contributed by atoms with Crippen LogP contribution in [-0.2, 0) is 14.3 Å². The third-order valence-electron chi connectivity index (χ3n) is 5.77. The van der Waals surface area contributed by atoms with Gasteiger partial charge in [-0.05, 0) is 31.6 Å². The van der Waals surface area contributed by atoms with Crippen LogP contribution in [0.25, 0.3) is 0 Å². The van der Waals surface area contributed by atoms with Gasteiger partial charge in [-0.1, -0.05) is 13.8 Å². The Hall–Kier alpha value is -1.87. The average Bonchev–Trinajstić information content (AvgIpc) is 2.92. The Morgan fingerprint density at radius 2 is 2.00 bits per heavy atom. The van der Waals surface area contributed by atoms with E-state index in [0.29, 0.717) is 6.42 Å². The molecule has 0 spiro atoms. The van der Waals surface area contributed by atoms with Gasteiger partial charge in [-0.3, -0.25) is 9.69 Å². The minimum atomic E-state index is -4.62. The summed E-state index contributed by atoms with van der Waals surface area (Å²) in [7, 11) is 0. The smallest absolute Gasteiger partial charge is 0.410 e. The third-order valence-corrected chi connectivity index (χ3v) is 5.77. The lowest BCUT2D eigenvalue weighted by Gasteiger charge is -2.49. The number of cyclic esters (lactones) is 1. The molecule has 0 aromatic carbocycles. The zero-order valence-electron chi connectivity index (χ0n) is 15.7. The highest BCUT2D eigenvalue weighted by atomic mass is 19.4. The molecule has 1 amide bonds. The minimum Gasteiger partial charge on any atom is -0.481 e. The highest BCUT2D eigenvalue weighted by molar-refractivity contribution is 5.77. The van der Waals surface area contributed by atoms with Crippen molar-refractivity contribution in [3.05, 3.63) is 0 Å². The third kappa shape index (κ3) is 4.57. The maximum atomic E-state index is 15.5. The number of hydrogen-bond acceptors (Lipinski definition) is 4. The number of nitrogens with zero attached hydrogens (tertiary/aromatic N) is 1. The van der Waals surface area contributed by atoms with Crippen molar-refractivity contribution in [2.24, 2.45) is 17.8 Å². The first-order valence-electron chi connectivity index (χ1n) is 9.30. The summed E-state index contributed by atoms with van der Waals surface area (Å²) in [5, 5.41) is 9.48. The lowest BCUT2D eigenvalue weighted by atomic mass is 9.67. The minimum absolute atomic E-state index is 0.00219. The van der Waals surface area contributed by atoms with E-state index in [4.69, 9.17) is 4.74 Å². The van der Waals surface area contributed by atoms with Gasteiger partial charge in [-0.25, -0.2) is 9.18 Å². The summed E-state index contributed by atoms with van der Waals surface area (Å²) >= 11 is 0. The van der Waals surface area contributed by atoms with E-state index in [1.165, 1.54) is 0 Å². The first kappa shape index (κ1) is 22.4. The summed E-state index contributed by atoms with van der Waals surface area (Å²) in [6, 6.07) is -2.07. The summed E-state index contributed by atoms with van der Waals surface area (Å²) < 4.78 is 58.5. The predicted octanol–water partition coefficient (Wildman–Crippen LogP) is 3.58. The van der Waals surface area contributed by atoms with Crippen LogP contribution in [0.5, 0.6) is 0 Å². The summed E-state index contributed by atoms with van der Waals surface area (Å²) in [4.78, 5) is 36.9. The van der Waals surface area contributed by atoms with Gasteiger partial charge in [0, 0.05) is 6.42 Å². The lowest BCUT2D eigenvalue weighted by Crippen LogP contribution is -2.62. The molecule has 0 bridgehead atoms. The van der Waals surface area contributed by atoms with Gasteiger partial charge in [0.2, 0.25) is 0 Å². The topological polar surface area (TPSA) is 83.9 Å².